The number of benzene rings is 2. The molecule has 0 spiro atoms. The average molecular weight is 661 g/mol. The van der Waals surface area contributed by atoms with Crippen molar-refractivity contribution >= 4 is 23.7 Å². The molecule has 0 bridgehead atoms. The molecule has 0 aliphatic carbocycles. The van der Waals surface area contributed by atoms with Crippen molar-refractivity contribution in [3.05, 3.63) is 94.8 Å². The van der Waals surface area contributed by atoms with Gasteiger partial charge in [0.25, 0.3) is 11.9 Å². The normalized spacial score (nSPS) is 24.1. The third kappa shape index (κ3) is 7.68. The number of rotatable bonds is 6. The predicted octanol–water partition coefficient (Wildman–Crippen LogP) is 2.18. The van der Waals surface area contributed by atoms with E-state index in [1.165, 1.54) is 45.2 Å². The number of phenolic OH excluding ortho intramolecular Hbond substituents is 1. The molecule has 11 nitrogen and oxygen atoms in total. The molecule has 0 radical (unpaired) electrons. The summed E-state index contributed by atoms with van der Waals surface area (Å²) >= 11 is 0. The first-order valence-corrected chi connectivity index (χ1v) is 14.5. The van der Waals surface area contributed by atoms with E-state index in [0.29, 0.717) is 5.56 Å². The van der Waals surface area contributed by atoms with Crippen LogP contribution < -0.4 is 10.6 Å². The van der Waals surface area contributed by atoms with Gasteiger partial charge in [0, 0.05) is 25.5 Å². The minimum absolute atomic E-state index is 0.0566. The van der Waals surface area contributed by atoms with Gasteiger partial charge in [-0.3, -0.25) is 14.4 Å². The maximum absolute atomic E-state index is 14.7. The van der Waals surface area contributed by atoms with Crippen molar-refractivity contribution in [2.75, 3.05) is 7.05 Å². The summed E-state index contributed by atoms with van der Waals surface area (Å²) in [4.78, 5) is 57.8. The maximum Gasteiger partial charge on any atom is 0.329 e. The molecule has 1 aliphatic rings. The predicted molar refractivity (Wildman–Crippen MR) is 156 cm³/mol. The first-order chi connectivity index (χ1) is 22.2. The largest absolute Gasteiger partial charge is 0.507 e. The third-order valence-electron chi connectivity index (χ3n) is 8.00. The van der Waals surface area contributed by atoms with Crippen LogP contribution in [0, 0.1) is 29.4 Å². The molecule has 3 aromatic rings. The first-order valence-electron chi connectivity index (χ1n) is 14.5. The highest BCUT2D eigenvalue weighted by Gasteiger charge is 2.42. The monoisotopic (exact) mass is 660 g/mol. The fourth-order valence-corrected chi connectivity index (χ4v) is 5.24. The highest BCUT2D eigenvalue weighted by atomic mass is 19.2. The zero-order chi connectivity index (χ0) is 34.6. The number of carbonyl (C=O) groups is 4. The minimum Gasteiger partial charge on any atom is -0.507 e. The van der Waals surface area contributed by atoms with Crippen molar-refractivity contribution < 1.29 is 51.7 Å². The number of esters is 1. The number of para-hydroxylation sites is 1. The van der Waals surface area contributed by atoms with E-state index in [9.17, 15) is 47.0 Å². The molecule has 1 aromatic heterocycles. The van der Waals surface area contributed by atoms with Gasteiger partial charge in [-0.1, -0.05) is 49.4 Å². The minimum atomic E-state index is -2.10. The fourth-order valence-electron chi connectivity index (χ4n) is 5.24. The molecule has 2 aromatic carbocycles. The number of nitrogens with one attached hydrogen (secondary N) is 2. The van der Waals surface area contributed by atoms with Gasteiger partial charge < -0.3 is 30.5 Å². The number of hydrogen-bond acceptors (Lipinski definition) is 8. The lowest BCUT2D eigenvalue weighted by molar-refractivity contribution is -0.163. The number of likely N-dealkylation sites (N-methyl/N-ethyl adjacent to an activating group) is 1. The summed E-state index contributed by atoms with van der Waals surface area (Å²) in [6, 6.07) is 9.09. The Hall–Kier alpha value is -5.05. The molecule has 15 heteroatoms. The second kappa shape index (κ2) is 14.6. The van der Waals surface area contributed by atoms with E-state index in [1.54, 1.807) is 30.3 Å². The Kier molecular flexibility index (Phi) is 10.8. The average Bonchev–Trinajstić information content (AvgIpc) is 3.05. The van der Waals surface area contributed by atoms with Crippen LogP contribution in [-0.2, 0) is 32.0 Å². The number of halogens is 4. The van der Waals surface area contributed by atoms with E-state index < -0.39 is 101 Å². The van der Waals surface area contributed by atoms with Crippen molar-refractivity contribution in [1.29, 1.82) is 0 Å². The number of pyridine rings is 1. The maximum atomic E-state index is 14.7. The number of carbonyl (C=O) groups excluding carboxylic acids is 4. The first kappa shape index (κ1) is 34.8. The number of ether oxygens (including phenoxy) is 1. The smallest absolute Gasteiger partial charge is 0.329 e. The number of nitrogens with zero attached hydrogens (tertiary/aromatic N) is 2. The Balaban J connectivity index is 1.78. The number of amides is 3. The molecule has 3 amide bonds. The summed E-state index contributed by atoms with van der Waals surface area (Å²) in [7, 11) is 1.28. The van der Waals surface area contributed by atoms with Crippen molar-refractivity contribution in [3.8, 4) is 5.75 Å². The van der Waals surface area contributed by atoms with Crippen molar-refractivity contribution in [2.45, 2.75) is 57.0 Å². The molecule has 1 aliphatic heterocycles. The quantitative estimate of drug-likeness (QED) is 0.178. The summed E-state index contributed by atoms with van der Waals surface area (Å²) in [5, 5.41) is 26.2. The van der Waals surface area contributed by atoms with Gasteiger partial charge in [-0.05, 0) is 24.6 Å². The van der Waals surface area contributed by atoms with Crippen LogP contribution in [0.3, 0.4) is 0 Å². The molecular weight excluding hydrogens is 628 g/mol. The summed E-state index contributed by atoms with van der Waals surface area (Å²) in [5.41, 5.74) is -0.761. The van der Waals surface area contributed by atoms with Crippen LogP contribution in [0.15, 0.2) is 54.6 Å². The number of aliphatic hydroxyl groups is 1. The zero-order valence-corrected chi connectivity index (χ0v) is 25.4. The molecule has 4 rings (SSSR count). The van der Waals surface area contributed by atoms with Crippen LogP contribution in [0.5, 0.6) is 5.75 Å². The van der Waals surface area contributed by atoms with Crippen LogP contribution in [0.4, 0.5) is 17.6 Å². The molecule has 2 heterocycles. The molecule has 1 saturated heterocycles. The Bertz CT molecular complexity index is 1660. The lowest BCUT2D eigenvalue weighted by atomic mass is 9.90. The summed E-state index contributed by atoms with van der Waals surface area (Å²) in [6.07, 6.45) is -4.47. The van der Waals surface area contributed by atoms with Crippen LogP contribution in [0.1, 0.15) is 35.3 Å². The summed E-state index contributed by atoms with van der Waals surface area (Å²) < 4.78 is 62.6. The van der Waals surface area contributed by atoms with Crippen LogP contribution in [0.2, 0.25) is 0 Å². The van der Waals surface area contributed by atoms with E-state index in [1.807, 2.05) is 0 Å². The van der Waals surface area contributed by atoms with Gasteiger partial charge in [0.1, 0.15) is 23.9 Å². The third-order valence-corrected chi connectivity index (χ3v) is 8.00. The number of cyclic esters (lactones) is 1. The molecule has 1 fully saturated rings. The summed E-state index contributed by atoms with van der Waals surface area (Å²) in [6.45, 7) is 2.49. The van der Waals surface area contributed by atoms with Crippen molar-refractivity contribution in [3.63, 3.8) is 0 Å². The molecule has 250 valence electrons. The van der Waals surface area contributed by atoms with Gasteiger partial charge in [0.15, 0.2) is 5.82 Å². The van der Waals surface area contributed by atoms with E-state index in [-0.39, 0.29) is 12.0 Å². The van der Waals surface area contributed by atoms with Gasteiger partial charge in [-0.2, -0.15) is 18.2 Å². The second-order valence-electron chi connectivity index (χ2n) is 11.2. The standard InChI is InChI=1S/C32H32F4N4O7/c1-15-26(42)20(14-19-23(33)24(34)28(36)39-27(19)35)37-30(44)25(38-29(43)18-11-7-8-12-22(18)41)16(2)47-32(46)21(40(3)31(15)45)13-17-9-5-4-6-10-17/h4-12,15-16,20-21,25-26,41-42H,13-14H2,1-3H3,(H,37,44)(H,38,43)/t15-,16-,20+,21?,25+,26+/m1/s1. The Labute approximate surface area is 266 Å². The van der Waals surface area contributed by atoms with Gasteiger partial charge in [0.05, 0.1) is 23.6 Å². The van der Waals surface area contributed by atoms with Crippen LogP contribution in [-0.4, -0.2) is 81.2 Å². The van der Waals surface area contributed by atoms with Crippen molar-refractivity contribution in [1.82, 2.24) is 20.5 Å². The SMILES string of the molecule is C[C@H]1OC(=O)C(Cc2ccccc2)N(C)C(=O)[C@H](C)[C@H](O)[C@H](Cc2c(F)nc(F)c(F)c2F)NC(=O)[C@H]1NC(=O)c1ccccc1O. The fraction of sp³-hybridized carbons (Fsp3) is 0.344. The second-order valence-corrected chi connectivity index (χ2v) is 11.2. The zero-order valence-electron chi connectivity index (χ0n) is 25.4. The molecule has 6 atom stereocenters. The Morgan fingerprint density at radius 1 is 0.957 bits per heavy atom. The Morgan fingerprint density at radius 2 is 1.60 bits per heavy atom. The number of phenols is 1. The molecule has 1 unspecified atom stereocenters. The molecule has 47 heavy (non-hydrogen) atoms. The summed E-state index contributed by atoms with van der Waals surface area (Å²) in [5.74, 6) is -13.7. The lowest BCUT2D eigenvalue weighted by Crippen LogP contribution is -2.61. The van der Waals surface area contributed by atoms with Crippen LogP contribution in [0.25, 0.3) is 0 Å². The van der Waals surface area contributed by atoms with E-state index in [0.717, 1.165) is 4.90 Å². The van der Waals surface area contributed by atoms with Gasteiger partial charge in [0.2, 0.25) is 23.6 Å². The lowest BCUT2D eigenvalue weighted by Gasteiger charge is -2.36. The number of aliphatic hydroxyl groups excluding tert-OH is 1. The van der Waals surface area contributed by atoms with E-state index in [4.69, 9.17) is 4.74 Å². The van der Waals surface area contributed by atoms with Gasteiger partial charge >= 0.3 is 5.97 Å². The van der Waals surface area contributed by atoms with Crippen LogP contribution >= 0.6 is 0 Å². The highest BCUT2D eigenvalue weighted by molar-refractivity contribution is 6.00. The van der Waals surface area contributed by atoms with Crippen molar-refractivity contribution in [2.24, 2.45) is 5.92 Å². The molecular formula is C32H32F4N4O7. The number of aromatic hydroxyl groups is 1. The molecule has 0 saturated carbocycles. The number of aromatic nitrogens is 1. The molecule has 4 N–H and O–H groups in total. The van der Waals surface area contributed by atoms with Gasteiger partial charge in [-0.15, -0.1) is 0 Å². The van der Waals surface area contributed by atoms with Gasteiger partial charge in [-0.25, -0.2) is 9.18 Å². The number of hydrogen-bond donors (Lipinski definition) is 4. The Morgan fingerprint density at radius 3 is 2.26 bits per heavy atom. The van der Waals surface area contributed by atoms with E-state index >= 15 is 0 Å². The topological polar surface area (TPSA) is 158 Å². The highest BCUT2D eigenvalue weighted by Crippen LogP contribution is 2.24. The van der Waals surface area contributed by atoms with E-state index in [2.05, 4.69) is 15.6 Å².